The van der Waals surface area contributed by atoms with E-state index in [4.69, 9.17) is 9.47 Å². The number of carbonyl (C=O) groups is 2. The maximum Gasteiger partial charge on any atom is 0.338 e. The summed E-state index contributed by atoms with van der Waals surface area (Å²) in [6.07, 6.45) is 0. The zero-order valence-electron chi connectivity index (χ0n) is 17.9. The molecule has 0 aliphatic heterocycles. The molecule has 0 radical (unpaired) electrons. The van der Waals surface area contributed by atoms with Gasteiger partial charge in [-0.25, -0.2) is 9.78 Å². The van der Waals surface area contributed by atoms with Crippen molar-refractivity contribution in [3.63, 3.8) is 0 Å². The molecule has 168 valence electrons. The first kappa shape index (κ1) is 22.2. The Morgan fingerprint density at radius 3 is 2.61 bits per heavy atom. The Kier molecular flexibility index (Phi) is 6.45. The van der Waals surface area contributed by atoms with Crippen molar-refractivity contribution in [2.45, 2.75) is 20.5 Å². The van der Waals surface area contributed by atoms with Gasteiger partial charge in [0.1, 0.15) is 17.4 Å². The third-order valence-electron chi connectivity index (χ3n) is 4.61. The number of anilines is 1. The highest BCUT2D eigenvalue weighted by Crippen LogP contribution is 2.17. The molecule has 10 heteroatoms. The number of amides is 1. The molecule has 0 saturated carbocycles. The zero-order chi connectivity index (χ0) is 23.4. The molecule has 0 saturated heterocycles. The van der Waals surface area contributed by atoms with Crippen molar-refractivity contribution < 1.29 is 19.1 Å². The van der Waals surface area contributed by atoms with Crippen LogP contribution in [0.1, 0.15) is 26.6 Å². The number of hydrogen-bond acceptors (Lipinski definition) is 8. The number of rotatable bonds is 7. The zero-order valence-corrected chi connectivity index (χ0v) is 18.7. The van der Waals surface area contributed by atoms with Crippen molar-refractivity contribution in [1.29, 1.82) is 0 Å². The van der Waals surface area contributed by atoms with E-state index in [-0.39, 0.29) is 24.7 Å². The SMILES string of the molecule is Cc1nn2c(=O)cc(COC(=O)c3ccc(NC(=O)COc4ccccc4C)cc3)nc2s1. The van der Waals surface area contributed by atoms with Gasteiger partial charge < -0.3 is 14.8 Å². The molecule has 0 fully saturated rings. The molecule has 33 heavy (non-hydrogen) atoms. The van der Waals surface area contributed by atoms with Crippen LogP contribution in [0.2, 0.25) is 0 Å². The van der Waals surface area contributed by atoms with Crippen LogP contribution in [0, 0.1) is 13.8 Å². The van der Waals surface area contributed by atoms with Gasteiger partial charge in [-0.2, -0.15) is 9.61 Å². The van der Waals surface area contributed by atoms with E-state index in [9.17, 15) is 14.4 Å². The molecular formula is C23H20N4O5S. The summed E-state index contributed by atoms with van der Waals surface area (Å²) in [5.74, 6) is -0.245. The van der Waals surface area contributed by atoms with Crippen LogP contribution in [0.25, 0.3) is 4.96 Å². The number of aryl methyl sites for hydroxylation is 2. The summed E-state index contributed by atoms with van der Waals surface area (Å²) in [4.78, 5) is 41.3. The summed E-state index contributed by atoms with van der Waals surface area (Å²) in [6.45, 7) is 3.40. The van der Waals surface area contributed by atoms with Crippen molar-refractivity contribution in [3.05, 3.63) is 86.8 Å². The van der Waals surface area contributed by atoms with Crippen LogP contribution in [0.3, 0.4) is 0 Å². The average Bonchev–Trinajstić information content (AvgIpc) is 3.18. The van der Waals surface area contributed by atoms with Gasteiger partial charge in [0, 0.05) is 11.8 Å². The lowest BCUT2D eigenvalue weighted by Crippen LogP contribution is -2.20. The van der Waals surface area contributed by atoms with Crippen LogP contribution in [0.4, 0.5) is 5.69 Å². The van der Waals surface area contributed by atoms with Crippen molar-refractivity contribution in [3.8, 4) is 5.75 Å². The summed E-state index contributed by atoms with van der Waals surface area (Å²) in [5, 5.41) is 7.49. The molecule has 0 atom stereocenters. The maximum absolute atomic E-state index is 12.3. The summed E-state index contributed by atoms with van der Waals surface area (Å²) in [5.41, 5.74) is 1.77. The standard InChI is InChI=1S/C23H20N4O5S/c1-14-5-3-4-6-19(14)31-13-20(28)24-17-9-7-16(8-10-17)22(30)32-12-18-11-21(29)27-23(25-18)33-15(2)26-27/h3-11H,12-13H2,1-2H3,(H,24,28). The summed E-state index contributed by atoms with van der Waals surface area (Å²) >= 11 is 1.28. The van der Waals surface area contributed by atoms with Crippen LogP contribution < -0.4 is 15.6 Å². The molecule has 0 bridgehead atoms. The van der Waals surface area contributed by atoms with E-state index in [1.54, 1.807) is 25.1 Å². The Hall–Kier alpha value is -4.05. The molecule has 1 N–H and O–H groups in total. The second-order valence-corrected chi connectivity index (χ2v) is 8.32. The molecule has 2 aromatic heterocycles. The quantitative estimate of drug-likeness (QED) is 0.418. The largest absolute Gasteiger partial charge is 0.483 e. The normalized spacial score (nSPS) is 10.7. The summed E-state index contributed by atoms with van der Waals surface area (Å²) in [7, 11) is 0. The molecule has 0 unspecified atom stereocenters. The molecule has 4 rings (SSSR count). The number of fused-ring (bicyclic) bond motifs is 1. The van der Waals surface area contributed by atoms with Crippen LogP contribution >= 0.6 is 11.3 Å². The van der Waals surface area contributed by atoms with Gasteiger partial charge in [-0.05, 0) is 49.7 Å². The maximum atomic E-state index is 12.3. The topological polar surface area (TPSA) is 112 Å². The highest BCUT2D eigenvalue weighted by atomic mass is 32.1. The third-order valence-corrected chi connectivity index (χ3v) is 5.43. The number of nitrogens with zero attached hydrogens (tertiary/aromatic N) is 3. The van der Waals surface area contributed by atoms with Gasteiger partial charge in [0.2, 0.25) is 4.96 Å². The molecule has 9 nitrogen and oxygen atoms in total. The van der Waals surface area contributed by atoms with Crippen LogP contribution in [0.5, 0.6) is 5.75 Å². The van der Waals surface area contributed by atoms with Crippen LogP contribution in [-0.2, 0) is 16.1 Å². The molecule has 0 spiro atoms. The van der Waals surface area contributed by atoms with E-state index in [0.717, 1.165) is 5.56 Å². The number of ether oxygens (including phenoxy) is 2. The Balaban J connectivity index is 1.31. The highest BCUT2D eigenvalue weighted by molar-refractivity contribution is 7.16. The Morgan fingerprint density at radius 1 is 1.09 bits per heavy atom. The number of nitrogens with one attached hydrogen (secondary N) is 1. The lowest BCUT2D eigenvalue weighted by molar-refractivity contribution is -0.118. The Labute approximate surface area is 192 Å². The van der Waals surface area contributed by atoms with Gasteiger partial charge in [-0.15, -0.1) is 0 Å². The number of hydrogen-bond donors (Lipinski definition) is 1. The number of benzene rings is 2. The number of carbonyl (C=O) groups excluding carboxylic acids is 2. The smallest absolute Gasteiger partial charge is 0.338 e. The third kappa shape index (κ3) is 5.42. The van der Waals surface area contributed by atoms with Gasteiger partial charge in [0.05, 0.1) is 11.3 Å². The second-order valence-electron chi connectivity index (χ2n) is 7.16. The molecule has 0 aliphatic rings. The number of esters is 1. The van der Waals surface area contributed by atoms with Crippen LogP contribution in [0.15, 0.2) is 59.4 Å². The minimum Gasteiger partial charge on any atom is -0.483 e. The van der Waals surface area contributed by atoms with Gasteiger partial charge in [-0.1, -0.05) is 29.5 Å². The number of aromatic nitrogens is 3. The molecule has 1 amide bonds. The molecule has 4 aromatic rings. The molecular weight excluding hydrogens is 444 g/mol. The van der Waals surface area contributed by atoms with Crippen molar-refractivity contribution in [2.24, 2.45) is 0 Å². The molecule has 2 heterocycles. The lowest BCUT2D eigenvalue weighted by atomic mass is 10.2. The minimum atomic E-state index is -0.571. The van der Waals surface area contributed by atoms with Gasteiger partial charge in [0.15, 0.2) is 6.61 Å². The van der Waals surface area contributed by atoms with E-state index in [1.165, 1.54) is 34.1 Å². The van der Waals surface area contributed by atoms with E-state index < -0.39 is 5.97 Å². The predicted molar refractivity (Wildman–Crippen MR) is 123 cm³/mol. The van der Waals surface area contributed by atoms with Gasteiger partial charge in [0.25, 0.3) is 11.5 Å². The van der Waals surface area contributed by atoms with Crippen LogP contribution in [-0.4, -0.2) is 33.1 Å². The summed E-state index contributed by atoms with van der Waals surface area (Å²) in [6, 6.07) is 15.0. The average molecular weight is 465 g/mol. The predicted octanol–water partition coefficient (Wildman–Crippen LogP) is 3.14. The fourth-order valence-corrected chi connectivity index (χ4v) is 3.76. The van der Waals surface area contributed by atoms with E-state index >= 15 is 0 Å². The Morgan fingerprint density at radius 2 is 1.85 bits per heavy atom. The number of para-hydroxylation sites is 1. The fourth-order valence-electron chi connectivity index (χ4n) is 3.00. The first-order chi connectivity index (χ1) is 15.9. The molecule has 2 aromatic carbocycles. The fraction of sp³-hybridized carbons (Fsp3) is 0.174. The molecule has 0 aliphatic carbocycles. The minimum absolute atomic E-state index is 0.134. The van der Waals surface area contributed by atoms with Crippen molar-refractivity contribution >= 4 is 33.9 Å². The monoisotopic (exact) mass is 464 g/mol. The van der Waals surface area contributed by atoms with Crippen molar-refractivity contribution in [1.82, 2.24) is 14.6 Å². The van der Waals surface area contributed by atoms with E-state index in [0.29, 0.717) is 32.7 Å². The van der Waals surface area contributed by atoms with Crippen molar-refractivity contribution in [2.75, 3.05) is 11.9 Å². The van der Waals surface area contributed by atoms with Gasteiger partial charge in [-0.3, -0.25) is 9.59 Å². The van der Waals surface area contributed by atoms with E-state index in [1.807, 2.05) is 25.1 Å². The first-order valence-electron chi connectivity index (χ1n) is 10.0. The second kappa shape index (κ2) is 9.61. The lowest BCUT2D eigenvalue weighted by Gasteiger charge is -2.10. The summed E-state index contributed by atoms with van der Waals surface area (Å²) < 4.78 is 12.0. The van der Waals surface area contributed by atoms with Gasteiger partial charge >= 0.3 is 5.97 Å². The highest BCUT2D eigenvalue weighted by Gasteiger charge is 2.12. The Bertz CT molecular complexity index is 1380. The first-order valence-corrected chi connectivity index (χ1v) is 10.8. The van der Waals surface area contributed by atoms with E-state index in [2.05, 4.69) is 15.4 Å².